The molecule has 9 nitrogen and oxygen atoms in total. The van der Waals surface area contributed by atoms with Gasteiger partial charge in [-0.1, -0.05) is 0 Å². The van der Waals surface area contributed by atoms with Gasteiger partial charge in [0, 0.05) is 0 Å². The highest BCUT2D eigenvalue weighted by atomic mass is 32.2. The van der Waals surface area contributed by atoms with Crippen molar-refractivity contribution >= 4 is 33.3 Å². The van der Waals surface area contributed by atoms with Gasteiger partial charge in [-0.3, -0.25) is 4.72 Å². The zero-order valence-corrected chi connectivity index (χ0v) is 18.2. The zero-order chi connectivity index (χ0) is 27.4. The van der Waals surface area contributed by atoms with Crippen LogP contribution in [0, 0.1) is 5.82 Å². The molecule has 0 fully saturated rings. The molecule has 0 aromatic heterocycles. The maximum absolute atomic E-state index is 13.5. The van der Waals surface area contributed by atoms with E-state index in [0.717, 1.165) is 26.4 Å². The monoisotopic (exact) mass is 536 g/mol. The zero-order valence-electron chi connectivity index (χ0n) is 17.4. The van der Waals surface area contributed by atoms with Gasteiger partial charge in [0.25, 0.3) is 10.0 Å². The average molecular weight is 536 g/mol. The van der Waals surface area contributed by atoms with Gasteiger partial charge in [-0.25, -0.2) is 22.4 Å². The number of nitrogen functional groups attached to an aromatic ring is 1. The van der Waals surface area contributed by atoms with Gasteiger partial charge in [-0.2, -0.15) is 26.3 Å². The van der Waals surface area contributed by atoms with Gasteiger partial charge in [0.1, 0.15) is 16.5 Å². The Labute approximate surface area is 192 Å². The van der Waals surface area contributed by atoms with Gasteiger partial charge in [0.05, 0.1) is 36.7 Å². The molecule has 0 amide bonds. The third-order valence-electron chi connectivity index (χ3n) is 3.81. The SMILES string of the molecule is COC(=O)c1ccc(OC)c(S(=O)(=O)Nc2cc(C(F)(F)F)c(F)cc2N)c1.O=C(O)C(F)(F)F. The molecule has 0 spiro atoms. The highest BCUT2D eigenvalue weighted by Crippen LogP contribution is 2.37. The van der Waals surface area contributed by atoms with Crippen LogP contribution in [-0.2, 0) is 25.7 Å². The summed E-state index contributed by atoms with van der Waals surface area (Å²) in [7, 11) is -2.34. The third kappa shape index (κ3) is 7.62. The molecule has 0 unspecified atom stereocenters. The van der Waals surface area contributed by atoms with Crippen molar-refractivity contribution in [2.24, 2.45) is 0 Å². The first-order valence-electron chi connectivity index (χ1n) is 8.60. The molecule has 2 aromatic rings. The molecule has 0 radical (unpaired) electrons. The van der Waals surface area contributed by atoms with Gasteiger partial charge in [-0.05, 0) is 30.3 Å². The minimum Gasteiger partial charge on any atom is -0.495 e. The number of hydrogen-bond donors (Lipinski definition) is 3. The molecule has 0 heterocycles. The number of methoxy groups -OCH3 is 2. The predicted octanol–water partition coefficient (Wildman–Crippen LogP) is 3.66. The molecule has 0 aliphatic carbocycles. The summed E-state index contributed by atoms with van der Waals surface area (Å²) >= 11 is 0. The summed E-state index contributed by atoms with van der Waals surface area (Å²) in [5.41, 5.74) is 2.34. The quantitative estimate of drug-likeness (QED) is 0.298. The van der Waals surface area contributed by atoms with Crippen LogP contribution in [0.15, 0.2) is 35.2 Å². The summed E-state index contributed by atoms with van der Waals surface area (Å²) in [6.45, 7) is 0. The van der Waals surface area contributed by atoms with E-state index in [-0.39, 0.29) is 17.4 Å². The number of rotatable bonds is 5. The lowest BCUT2D eigenvalue weighted by Crippen LogP contribution is -2.21. The predicted molar refractivity (Wildman–Crippen MR) is 105 cm³/mol. The van der Waals surface area contributed by atoms with E-state index in [2.05, 4.69) is 4.74 Å². The van der Waals surface area contributed by atoms with Crippen molar-refractivity contribution < 1.29 is 63.3 Å². The molecule has 0 atom stereocenters. The number of nitrogens with two attached hydrogens (primary N) is 1. The Kier molecular flexibility index (Phi) is 8.92. The fraction of sp³-hybridized carbons (Fsp3) is 0.222. The summed E-state index contributed by atoms with van der Waals surface area (Å²) in [5, 5.41) is 7.12. The van der Waals surface area contributed by atoms with Crippen LogP contribution in [0.4, 0.5) is 42.1 Å². The van der Waals surface area contributed by atoms with Crippen molar-refractivity contribution in [3.63, 3.8) is 0 Å². The van der Waals surface area contributed by atoms with Crippen LogP contribution in [0.25, 0.3) is 0 Å². The number of benzene rings is 2. The van der Waals surface area contributed by atoms with Crippen LogP contribution in [0.5, 0.6) is 5.75 Å². The van der Waals surface area contributed by atoms with Crippen molar-refractivity contribution in [1.82, 2.24) is 0 Å². The topological polar surface area (TPSA) is 145 Å². The van der Waals surface area contributed by atoms with E-state index in [9.17, 15) is 43.9 Å². The lowest BCUT2D eigenvalue weighted by atomic mass is 10.1. The number of anilines is 2. The van der Waals surface area contributed by atoms with Crippen LogP contribution in [-0.4, -0.2) is 45.9 Å². The maximum Gasteiger partial charge on any atom is 0.490 e. The first-order chi connectivity index (χ1) is 15.8. The van der Waals surface area contributed by atoms with Gasteiger partial charge in [0.2, 0.25) is 0 Å². The number of carbonyl (C=O) groups is 2. The second-order valence-corrected chi connectivity index (χ2v) is 7.83. The minimum atomic E-state index is -5.08. The summed E-state index contributed by atoms with van der Waals surface area (Å²) in [4.78, 5) is 20.0. The number of alkyl halides is 6. The van der Waals surface area contributed by atoms with Crippen molar-refractivity contribution in [3.05, 3.63) is 47.3 Å². The molecule has 17 heteroatoms. The molecule has 0 bridgehead atoms. The largest absolute Gasteiger partial charge is 0.495 e. The minimum absolute atomic E-state index is 0.147. The summed E-state index contributed by atoms with van der Waals surface area (Å²) in [6.07, 6.45) is -10.2. The Morgan fingerprint density at radius 2 is 1.57 bits per heavy atom. The molecule has 35 heavy (non-hydrogen) atoms. The van der Waals surface area contributed by atoms with E-state index in [1.165, 1.54) is 6.07 Å². The molecular formula is C18H15F7N2O7S. The molecule has 194 valence electrons. The second-order valence-electron chi connectivity index (χ2n) is 6.18. The Morgan fingerprint density at radius 1 is 1.03 bits per heavy atom. The van der Waals surface area contributed by atoms with Gasteiger partial charge in [-0.15, -0.1) is 0 Å². The van der Waals surface area contributed by atoms with Crippen LogP contribution in [0.3, 0.4) is 0 Å². The van der Waals surface area contributed by atoms with Gasteiger partial charge < -0.3 is 20.3 Å². The Morgan fingerprint density at radius 3 is 2.00 bits per heavy atom. The number of carboxylic acids is 1. The molecule has 0 saturated heterocycles. The number of esters is 1. The summed E-state index contributed by atoms with van der Waals surface area (Å²) in [6, 6.07) is 3.90. The fourth-order valence-corrected chi connectivity index (χ4v) is 3.50. The number of carbonyl (C=O) groups excluding carboxylic acids is 1. The number of ether oxygens (including phenoxy) is 2. The van der Waals surface area contributed by atoms with E-state index >= 15 is 0 Å². The third-order valence-corrected chi connectivity index (χ3v) is 5.19. The normalized spacial score (nSPS) is 11.7. The fourth-order valence-electron chi connectivity index (χ4n) is 2.23. The first kappa shape index (κ1) is 29.3. The van der Waals surface area contributed by atoms with E-state index in [1.807, 2.05) is 4.72 Å². The lowest BCUT2D eigenvalue weighted by molar-refractivity contribution is -0.192. The second kappa shape index (κ2) is 10.7. The smallest absolute Gasteiger partial charge is 0.490 e. The van der Waals surface area contributed by atoms with E-state index in [0.29, 0.717) is 6.07 Å². The molecule has 0 aliphatic rings. The van der Waals surface area contributed by atoms with Crippen molar-refractivity contribution in [3.8, 4) is 5.75 Å². The van der Waals surface area contributed by atoms with E-state index in [4.69, 9.17) is 20.4 Å². The Hall–Kier alpha value is -3.76. The summed E-state index contributed by atoms with van der Waals surface area (Å²) in [5.74, 6) is -5.46. The van der Waals surface area contributed by atoms with E-state index in [1.54, 1.807) is 0 Å². The van der Waals surface area contributed by atoms with Crippen LogP contribution in [0.2, 0.25) is 0 Å². The lowest BCUT2D eigenvalue weighted by Gasteiger charge is -2.16. The van der Waals surface area contributed by atoms with Crippen molar-refractivity contribution in [2.75, 3.05) is 24.7 Å². The standard InChI is InChI=1S/C16H14F4N2O5S.C2HF3O2/c1-26-13-4-3-8(15(23)27-2)5-14(13)28(24,25)22-12-6-9(16(18,19)20)10(17)7-11(12)21;3-2(4,5)1(6)7/h3-7,22H,21H2,1-2H3;(H,6,7). The van der Waals surface area contributed by atoms with Crippen molar-refractivity contribution in [1.29, 1.82) is 0 Å². The maximum atomic E-state index is 13.5. The average Bonchev–Trinajstić information content (AvgIpc) is 2.73. The number of aliphatic carboxylic acids is 1. The van der Waals surface area contributed by atoms with Gasteiger partial charge >= 0.3 is 24.3 Å². The number of carboxylic acid groups (broad SMARTS) is 1. The molecule has 0 aliphatic heterocycles. The van der Waals surface area contributed by atoms with Gasteiger partial charge in [0.15, 0.2) is 0 Å². The number of nitrogens with one attached hydrogen (secondary N) is 1. The number of sulfonamides is 1. The van der Waals surface area contributed by atoms with Crippen LogP contribution in [0.1, 0.15) is 15.9 Å². The molecular weight excluding hydrogens is 521 g/mol. The Bertz CT molecular complexity index is 1210. The molecule has 2 rings (SSSR count). The highest BCUT2D eigenvalue weighted by molar-refractivity contribution is 7.92. The van der Waals surface area contributed by atoms with Crippen LogP contribution >= 0.6 is 0 Å². The number of halogens is 7. The molecule has 2 aromatic carbocycles. The molecule has 0 saturated carbocycles. The Balaban J connectivity index is 0.000000762. The first-order valence-corrected chi connectivity index (χ1v) is 10.1. The molecule has 4 N–H and O–H groups in total. The van der Waals surface area contributed by atoms with E-state index < -0.39 is 62.0 Å². The van der Waals surface area contributed by atoms with Crippen molar-refractivity contribution in [2.45, 2.75) is 17.2 Å². The summed E-state index contributed by atoms with van der Waals surface area (Å²) < 4.78 is 121. The van der Waals surface area contributed by atoms with Crippen LogP contribution < -0.4 is 15.2 Å². The number of hydrogen-bond acceptors (Lipinski definition) is 7. The highest BCUT2D eigenvalue weighted by Gasteiger charge is 2.38.